The van der Waals surface area contributed by atoms with Gasteiger partial charge >= 0.3 is 0 Å². The minimum absolute atomic E-state index is 0.142. The van der Waals surface area contributed by atoms with E-state index in [0.29, 0.717) is 18.8 Å². The largest absolute Gasteiger partial charge is 0.506 e. The van der Waals surface area contributed by atoms with E-state index in [9.17, 15) is 10.2 Å². The van der Waals surface area contributed by atoms with Crippen molar-refractivity contribution in [1.82, 2.24) is 5.32 Å². The molecule has 33 heavy (non-hydrogen) atoms. The number of aromatic hydroxyl groups is 1. The van der Waals surface area contributed by atoms with Crippen molar-refractivity contribution in [2.24, 2.45) is 0 Å². The van der Waals surface area contributed by atoms with Crippen molar-refractivity contribution in [3.05, 3.63) is 77.4 Å². The number of anilines is 1. The highest BCUT2D eigenvalue weighted by Gasteiger charge is 2.16. The number of hydrogen-bond acceptors (Lipinski definition) is 7. The van der Waals surface area contributed by atoms with Crippen LogP contribution in [0.2, 0.25) is 0 Å². The van der Waals surface area contributed by atoms with Gasteiger partial charge in [0.25, 0.3) is 0 Å². The number of methoxy groups -OCH3 is 1. The zero-order valence-electron chi connectivity index (χ0n) is 18.9. The maximum atomic E-state index is 10.7. The van der Waals surface area contributed by atoms with Gasteiger partial charge in [-0.05, 0) is 66.4 Å². The SMILES string of the molecule is COc1ccc(CNc2cc(C(O)CNC(C)Cc3ccc4c(c3)OCO4)ccc2O)cc1. The summed E-state index contributed by atoms with van der Waals surface area (Å²) >= 11 is 0. The monoisotopic (exact) mass is 450 g/mol. The van der Waals surface area contributed by atoms with E-state index in [1.807, 2.05) is 42.5 Å². The molecule has 174 valence electrons. The van der Waals surface area contributed by atoms with Gasteiger partial charge in [0.15, 0.2) is 11.5 Å². The Bertz CT molecular complexity index is 1070. The van der Waals surface area contributed by atoms with Crippen LogP contribution >= 0.6 is 0 Å². The summed E-state index contributed by atoms with van der Waals surface area (Å²) in [6.45, 7) is 3.29. The van der Waals surface area contributed by atoms with Gasteiger partial charge in [-0.1, -0.05) is 24.3 Å². The predicted molar refractivity (Wildman–Crippen MR) is 127 cm³/mol. The Balaban J connectivity index is 1.30. The molecule has 0 radical (unpaired) electrons. The Kier molecular flexibility index (Phi) is 7.22. The van der Waals surface area contributed by atoms with Gasteiger partial charge in [-0.25, -0.2) is 0 Å². The summed E-state index contributed by atoms with van der Waals surface area (Å²) in [4.78, 5) is 0. The minimum Gasteiger partial charge on any atom is -0.506 e. The van der Waals surface area contributed by atoms with E-state index in [1.165, 1.54) is 0 Å². The lowest BCUT2D eigenvalue weighted by molar-refractivity contribution is 0.170. The van der Waals surface area contributed by atoms with Gasteiger partial charge in [0.2, 0.25) is 6.79 Å². The predicted octanol–water partition coefficient (Wildman–Crippen LogP) is 4.00. The molecule has 0 saturated heterocycles. The molecule has 0 fully saturated rings. The first-order chi connectivity index (χ1) is 16.0. The van der Waals surface area contributed by atoms with Crippen molar-refractivity contribution in [3.63, 3.8) is 0 Å². The van der Waals surface area contributed by atoms with Gasteiger partial charge in [-0.15, -0.1) is 0 Å². The molecule has 4 rings (SSSR count). The third kappa shape index (κ3) is 5.88. The molecule has 0 bridgehead atoms. The van der Waals surface area contributed by atoms with Crippen LogP contribution in [0.1, 0.15) is 29.7 Å². The summed E-state index contributed by atoms with van der Waals surface area (Å²) in [5.41, 5.74) is 3.51. The molecular weight excluding hydrogens is 420 g/mol. The lowest BCUT2D eigenvalue weighted by Crippen LogP contribution is -2.32. The van der Waals surface area contributed by atoms with E-state index in [4.69, 9.17) is 14.2 Å². The Hall–Kier alpha value is -3.42. The van der Waals surface area contributed by atoms with E-state index in [2.05, 4.69) is 17.6 Å². The zero-order chi connectivity index (χ0) is 23.2. The molecule has 3 aromatic rings. The van der Waals surface area contributed by atoms with Gasteiger partial charge in [0, 0.05) is 19.1 Å². The zero-order valence-corrected chi connectivity index (χ0v) is 18.9. The summed E-state index contributed by atoms with van der Waals surface area (Å²) in [6, 6.07) is 19.0. The van der Waals surface area contributed by atoms with Crippen molar-refractivity contribution in [2.75, 3.05) is 25.8 Å². The lowest BCUT2D eigenvalue weighted by atomic mass is 10.0. The molecule has 2 atom stereocenters. The molecule has 1 heterocycles. The smallest absolute Gasteiger partial charge is 0.231 e. The van der Waals surface area contributed by atoms with Gasteiger partial charge < -0.3 is 35.1 Å². The fourth-order valence-corrected chi connectivity index (χ4v) is 3.77. The summed E-state index contributed by atoms with van der Waals surface area (Å²) < 4.78 is 16.0. The van der Waals surface area contributed by atoms with Crippen molar-refractivity contribution in [1.29, 1.82) is 0 Å². The van der Waals surface area contributed by atoms with Crippen LogP contribution in [0.25, 0.3) is 0 Å². The van der Waals surface area contributed by atoms with E-state index in [0.717, 1.165) is 40.4 Å². The Morgan fingerprint density at radius 3 is 2.52 bits per heavy atom. The molecule has 4 N–H and O–H groups in total. The van der Waals surface area contributed by atoms with Crippen LogP contribution in [0, 0.1) is 0 Å². The summed E-state index contributed by atoms with van der Waals surface area (Å²) in [6.07, 6.45) is 0.0967. The number of phenolic OH excluding ortho intramolecular Hbond substituents is 1. The second kappa shape index (κ2) is 10.5. The fourth-order valence-electron chi connectivity index (χ4n) is 3.77. The Morgan fingerprint density at radius 2 is 1.73 bits per heavy atom. The number of ether oxygens (including phenoxy) is 3. The molecular formula is C26H30N2O5. The second-order valence-electron chi connectivity index (χ2n) is 8.20. The first-order valence-electron chi connectivity index (χ1n) is 11.0. The van der Waals surface area contributed by atoms with Gasteiger partial charge in [-0.2, -0.15) is 0 Å². The van der Waals surface area contributed by atoms with Crippen LogP contribution < -0.4 is 24.8 Å². The highest BCUT2D eigenvalue weighted by molar-refractivity contribution is 5.58. The van der Waals surface area contributed by atoms with E-state index in [-0.39, 0.29) is 18.6 Å². The minimum atomic E-state index is -0.702. The maximum absolute atomic E-state index is 10.7. The summed E-state index contributed by atoms with van der Waals surface area (Å²) in [5, 5.41) is 27.5. The average molecular weight is 451 g/mol. The maximum Gasteiger partial charge on any atom is 0.231 e. The molecule has 0 spiro atoms. The number of nitrogens with one attached hydrogen (secondary N) is 2. The van der Waals surface area contributed by atoms with Crippen molar-refractivity contribution >= 4 is 5.69 Å². The van der Waals surface area contributed by atoms with Crippen molar-refractivity contribution in [3.8, 4) is 23.0 Å². The van der Waals surface area contributed by atoms with Crippen molar-refractivity contribution < 1.29 is 24.4 Å². The van der Waals surface area contributed by atoms with E-state index >= 15 is 0 Å². The number of fused-ring (bicyclic) bond motifs is 1. The molecule has 0 amide bonds. The molecule has 0 aliphatic carbocycles. The fraction of sp³-hybridized carbons (Fsp3) is 0.308. The third-order valence-electron chi connectivity index (χ3n) is 5.69. The quantitative estimate of drug-likeness (QED) is 0.347. The molecule has 7 heteroatoms. The van der Waals surface area contributed by atoms with Crippen molar-refractivity contribution in [2.45, 2.75) is 32.0 Å². The first-order valence-corrected chi connectivity index (χ1v) is 11.0. The average Bonchev–Trinajstić information content (AvgIpc) is 3.30. The van der Waals surface area contributed by atoms with E-state index < -0.39 is 6.10 Å². The first kappa shape index (κ1) is 22.8. The summed E-state index contributed by atoms with van der Waals surface area (Å²) in [5.74, 6) is 2.49. The van der Waals surface area contributed by atoms with Crippen LogP contribution in [-0.4, -0.2) is 36.7 Å². The molecule has 1 aliphatic heterocycles. The van der Waals surface area contributed by atoms with Gasteiger partial charge in [-0.3, -0.25) is 0 Å². The molecule has 2 unspecified atom stereocenters. The number of hydrogen-bond donors (Lipinski definition) is 4. The highest BCUT2D eigenvalue weighted by atomic mass is 16.7. The molecule has 0 aromatic heterocycles. The normalized spacial score (nSPS) is 14.0. The van der Waals surface area contributed by atoms with Gasteiger partial charge in [0.1, 0.15) is 11.5 Å². The van der Waals surface area contributed by atoms with Crippen LogP contribution in [-0.2, 0) is 13.0 Å². The van der Waals surface area contributed by atoms with Crippen LogP contribution in [0.5, 0.6) is 23.0 Å². The standard InChI is InChI=1S/C26H30N2O5/c1-17(11-19-5-10-25-26(12-19)33-16-32-25)27-15-24(30)20-6-9-23(29)22(13-20)28-14-18-3-7-21(31-2)8-4-18/h3-10,12-13,17,24,27-30H,11,14-16H2,1-2H3. The molecule has 3 aromatic carbocycles. The lowest BCUT2D eigenvalue weighted by Gasteiger charge is -2.19. The van der Waals surface area contributed by atoms with Crippen LogP contribution in [0.15, 0.2) is 60.7 Å². The molecule has 1 aliphatic rings. The second-order valence-corrected chi connectivity index (χ2v) is 8.20. The number of phenols is 1. The third-order valence-corrected chi connectivity index (χ3v) is 5.69. The Morgan fingerprint density at radius 1 is 0.970 bits per heavy atom. The van der Waals surface area contributed by atoms with Crippen LogP contribution in [0.4, 0.5) is 5.69 Å². The highest BCUT2D eigenvalue weighted by Crippen LogP contribution is 2.33. The topological polar surface area (TPSA) is 92.2 Å². The van der Waals surface area contributed by atoms with E-state index in [1.54, 1.807) is 25.3 Å². The number of rotatable bonds is 10. The number of aliphatic hydroxyl groups excluding tert-OH is 1. The number of aliphatic hydroxyl groups is 1. The van der Waals surface area contributed by atoms with Crippen LogP contribution in [0.3, 0.4) is 0 Å². The number of benzene rings is 3. The molecule has 0 saturated carbocycles. The Labute approximate surface area is 193 Å². The summed E-state index contributed by atoms with van der Waals surface area (Å²) in [7, 11) is 1.63. The van der Waals surface area contributed by atoms with Gasteiger partial charge in [0.05, 0.1) is 18.9 Å². The molecule has 7 nitrogen and oxygen atoms in total.